The van der Waals surface area contributed by atoms with Crippen LogP contribution in [0.3, 0.4) is 0 Å². The number of hydrogen-bond donors (Lipinski definition) is 1. The van der Waals surface area contributed by atoms with Gasteiger partial charge < -0.3 is 14.4 Å². The van der Waals surface area contributed by atoms with Gasteiger partial charge in [-0.15, -0.1) is 0 Å². The zero-order chi connectivity index (χ0) is 14.2. The Morgan fingerprint density at radius 1 is 1.55 bits per heavy atom. The first-order valence-corrected chi connectivity index (χ1v) is 7.51. The van der Waals surface area contributed by atoms with Crippen LogP contribution in [0.5, 0.6) is 0 Å². The van der Waals surface area contributed by atoms with E-state index in [4.69, 9.17) is 4.42 Å². The number of oxazole rings is 1. The highest BCUT2D eigenvalue weighted by molar-refractivity contribution is 7.99. The molecule has 0 aliphatic carbocycles. The van der Waals surface area contributed by atoms with Gasteiger partial charge in [0.1, 0.15) is 5.52 Å². The number of rotatable bonds is 3. The summed E-state index contributed by atoms with van der Waals surface area (Å²) in [5.74, 6) is 0.290. The van der Waals surface area contributed by atoms with Crippen molar-refractivity contribution in [2.75, 3.05) is 18.8 Å². The first-order chi connectivity index (χ1) is 9.53. The van der Waals surface area contributed by atoms with Crippen molar-refractivity contribution in [1.29, 1.82) is 0 Å². The van der Waals surface area contributed by atoms with Gasteiger partial charge in [-0.2, -0.15) is 0 Å². The molecule has 0 bridgehead atoms. The Morgan fingerprint density at radius 2 is 2.35 bits per heavy atom. The van der Waals surface area contributed by atoms with Gasteiger partial charge in [-0.25, -0.2) is 4.98 Å². The lowest BCUT2D eigenvalue weighted by molar-refractivity contribution is -0.128. The second-order valence-electron chi connectivity index (χ2n) is 5.30. The molecule has 6 heteroatoms. The number of amides is 1. The summed E-state index contributed by atoms with van der Waals surface area (Å²) in [4.78, 5) is 18.1. The summed E-state index contributed by atoms with van der Waals surface area (Å²) in [5, 5.41) is 10.4. The van der Waals surface area contributed by atoms with Crippen LogP contribution in [0.1, 0.15) is 13.3 Å². The highest BCUT2D eigenvalue weighted by atomic mass is 32.2. The monoisotopic (exact) mass is 292 g/mol. The predicted octanol–water partition coefficient (Wildman–Crippen LogP) is 1.90. The van der Waals surface area contributed by atoms with Crippen molar-refractivity contribution in [1.82, 2.24) is 9.88 Å². The minimum absolute atomic E-state index is 0.00929. The van der Waals surface area contributed by atoms with Crippen LogP contribution >= 0.6 is 11.8 Å². The fourth-order valence-corrected chi connectivity index (χ4v) is 3.03. The summed E-state index contributed by atoms with van der Waals surface area (Å²) >= 11 is 1.29. The Bertz CT molecular complexity index is 605. The van der Waals surface area contributed by atoms with Gasteiger partial charge in [-0.05, 0) is 25.5 Å². The van der Waals surface area contributed by atoms with E-state index in [0.717, 1.165) is 11.1 Å². The van der Waals surface area contributed by atoms with Crippen LogP contribution in [0, 0.1) is 0 Å². The van der Waals surface area contributed by atoms with Gasteiger partial charge in [-0.3, -0.25) is 4.79 Å². The predicted molar refractivity (Wildman–Crippen MR) is 76.6 cm³/mol. The van der Waals surface area contributed by atoms with Crippen LogP contribution < -0.4 is 0 Å². The van der Waals surface area contributed by atoms with E-state index in [1.54, 1.807) is 11.8 Å². The lowest BCUT2D eigenvalue weighted by Gasteiger charge is -2.18. The number of hydrogen-bond acceptors (Lipinski definition) is 5. The molecule has 106 valence electrons. The SMILES string of the molecule is CC1(O)CCN(C(=O)CSc2nc3ccccc3o2)C1. The lowest BCUT2D eigenvalue weighted by Crippen LogP contribution is -2.34. The van der Waals surface area contributed by atoms with Crippen LogP contribution in [0.4, 0.5) is 0 Å². The Kier molecular flexibility index (Phi) is 3.43. The van der Waals surface area contributed by atoms with E-state index < -0.39 is 5.60 Å². The van der Waals surface area contributed by atoms with Crippen molar-refractivity contribution in [3.8, 4) is 0 Å². The molecule has 0 saturated carbocycles. The van der Waals surface area contributed by atoms with Crippen LogP contribution in [0.15, 0.2) is 33.9 Å². The molecule has 1 aromatic carbocycles. The molecule has 20 heavy (non-hydrogen) atoms. The lowest BCUT2D eigenvalue weighted by atomic mass is 10.1. The van der Waals surface area contributed by atoms with Crippen LogP contribution in [0.2, 0.25) is 0 Å². The molecule has 1 unspecified atom stereocenters. The second kappa shape index (κ2) is 5.10. The number of para-hydroxylation sites is 2. The van der Waals surface area contributed by atoms with E-state index in [1.807, 2.05) is 24.3 Å². The van der Waals surface area contributed by atoms with Crippen molar-refractivity contribution in [3.63, 3.8) is 0 Å². The Morgan fingerprint density at radius 3 is 3.05 bits per heavy atom. The van der Waals surface area contributed by atoms with Gasteiger partial charge >= 0.3 is 0 Å². The van der Waals surface area contributed by atoms with Crippen molar-refractivity contribution in [3.05, 3.63) is 24.3 Å². The first kappa shape index (κ1) is 13.5. The van der Waals surface area contributed by atoms with Gasteiger partial charge in [0.25, 0.3) is 5.22 Å². The van der Waals surface area contributed by atoms with Gasteiger partial charge in [0.05, 0.1) is 11.4 Å². The molecule has 2 aromatic rings. The van der Waals surface area contributed by atoms with Gasteiger partial charge in [0.15, 0.2) is 5.58 Å². The van der Waals surface area contributed by atoms with E-state index in [9.17, 15) is 9.90 Å². The van der Waals surface area contributed by atoms with Crippen molar-refractivity contribution < 1.29 is 14.3 Å². The van der Waals surface area contributed by atoms with Crippen LogP contribution in [0.25, 0.3) is 11.1 Å². The molecule has 1 aromatic heterocycles. The van der Waals surface area contributed by atoms with Crippen LogP contribution in [-0.2, 0) is 4.79 Å². The molecule has 1 atom stereocenters. The summed E-state index contributed by atoms with van der Waals surface area (Å²) in [7, 11) is 0. The maximum absolute atomic E-state index is 12.0. The van der Waals surface area contributed by atoms with E-state index in [1.165, 1.54) is 11.8 Å². The zero-order valence-electron chi connectivity index (χ0n) is 11.2. The van der Waals surface area contributed by atoms with Crippen molar-refractivity contribution in [2.45, 2.75) is 24.2 Å². The van der Waals surface area contributed by atoms with E-state index >= 15 is 0 Å². The standard InChI is InChI=1S/C14H16N2O3S/c1-14(18)6-7-16(9-14)12(17)8-20-13-15-10-4-2-3-5-11(10)19-13/h2-5,18H,6-9H2,1H3. The summed E-state index contributed by atoms with van der Waals surface area (Å²) < 4.78 is 5.55. The molecule has 1 fully saturated rings. The molecule has 1 N–H and O–H groups in total. The third-order valence-corrected chi connectivity index (χ3v) is 4.21. The maximum Gasteiger partial charge on any atom is 0.257 e. The number of carbonyl (C=O) groups excluding carboxylic acids is 1. The molecular formula is C14H16N2O3S. The van der Waals surface area contributed by atoms with Crippen LogP contribution in [-0.4, -0.2) is 45.3 Å². The van der Waals surface area contributed by atoms with Gasteiger partial charge in [0, 0.05) is 13.1 Å². The molecule has 5 nitrogen and oxygen atoms in total. The number of carbonyl (C=O) groups is 1. The molecule has 1 aliphatic heterocycles. The molecular weight excluding hydrogens is 276 g/mol. The topological polar surface area (TPSA) is 66.6 Å². The third kappa shape index (κ3) is 2.81. The average Bonchev–Trinajstić information content (AvgIpc) is 2.98. The van der Waals surface area contributed by atoms with Crippen molar-refractivity contribution in [2.24, 2.45) is 0 Å². The number of thioether (sulfide) groups is 1. The molecule has 0 spiro atoms. The molecule has 1 aliphatic rings. The summed E-state index contributed by atoms with van der Waals surface area (Å²) in [6.45, 7) is 2.77. The first-order valence-electron chi connectivity index (χ1n) is 6.52. The van der Waals surface area contributed by atoms with E-state index in [2.05, 4.69) is 4.98 Å². The highest BCUT2D eigenvalue weighted by Gasteiger charge is 2.33. The minimum atomic E-state index is -0.752. The summed E-state index contributed by atoms with van der Waals surface area (Å²) in [5.41, 5.74) is 0.774. The van der Waals surface area contributed by atoms with Gasteiger partial charge in [-0.1, -0.05) is 23.9 Å². The zero-order valence-corrected chi connectivity index (χ0v) is 12.0. The smallest absolute Gasteiger partial charge is 0.257 e. The second-order valence-corrected chi connectivity index (χ2v) is 6.22. The van der Waals surface area contributed by atoms with Crippen molar-refractivity contribution >= 4 is 28.8 Å². The van der Waals surface area contributed by atoms with E-state index in [0.29, 0.717) is 24.7 Å². The number of aliphatic hydroxyl groups is 1. The Hall–Kier alpha value is -1.53. The summed E-state index contributed by atoms with van der Waals surface area (Å²) in [6, 6.07) is 7.52. The number of nitrogens with zero attached hydrogens (tertiary/aromatic N) is 2. The largest absolute Gasteiger partial charge is 0.431 e. The average molecular weight is 292 g/mol. The normalized spacial score (nSPS) is 22.6. The quantitative estimate of drug-likeness (QED) is 0.875. The molecule has 1 amide bonds. The van der Waals surface area contributed by atoms with E-state index in [-0.39, 0.29) is 11.7 Å². The molecule has 1 saturated heterocycles. The third-order valence-electron chi connectivity index (χ3n) is 3.40. The molecule has 3 rings (SSSR count). The Balaban J connectivity index is 1.60. The molecule has 0 radical (unpaired) electrons. The maximum atomic E-state index is 12.0. The number of benzene rings is 1. The highest BCUT2D eigenvalue weighted by Crippen LogP contribution is 2.25. The molecule has 2 heterocycles. The Labute approximate surface area is 121 Å². The number of likely N-dealkylation sites (tertiary alicyclic amines) is 1. The fourth-order valence-electron chi connectivity index (χ4n) is 2.29. The number of aromatic nitrogens is 1. The minimum Gasteiger partial charge on any atom is -0.431 e. The number of fused-ring (bicyclic) bond motifs is 1. The van der Waals surface area contributed by atoms with Gasteiger partial charge in [0.2, 0.25) is 5.91 Å². The fraction of sp³-hybridized carbons (Fsp3) is 0.429. The summed E-state index contributed by atoms with van der Waals surface area (Å²) in [6.07, 6.45) is 0.631. The number of β-amino-alcohol motifs (C(OH)–C–C–N with tert-alkyl or cyclic N) is 1.